The Morgan fingerprint density at radius 1 is 1.02 bits per heavy atom. The van der Waals surface area contributed by atoms with Gasteiger partial charge in [-0.05, 0) is 76.5 Å². The number of nitrogens with one attached hydrogen (secondary N) is 2. The van der Waals surface area contributed by atoms with E-state index in [1.807, 2.05) is 19.1 Å². The van der Waals surface area contributed by atoms with Crippen molar-refractivity contribution < 1.29 is 36.3 Å². The normalized spacial score (nSPS) is 16.2. The number of nitrogens with zero attached hydrogens (tertiary/aromatic N) is 4. The molecule has 1 aromatic heterocycles. The fourth-order valence-electron chi connectivity index (χ4n) is 5.87. The topological polar surface area (TPSA) is 135 Å². The zero-order valence-electron chi connectivity index (χ0n) is 26.9. The van der Waals surface area contributed by atoms with Crippen molar-refractivity contribution in [3.63, 3.8) is 0 Å². The van der Waals surface area contributed by atoms with Gasteiger partial charge in [0.2, 0.25) is 10.0 Å². The molecule has 2 aliphatic rings. The summed E-state index contributed by atoms with van der Waals surface area (Å²) in [4.78, 5) is 28.7. The van der Waals surface area contributed by atoms with Crippen molar-refractivity contribution >= 4 is 33.5 Å². The molecule has 0 aliphatic carbocycles. The molecule has 0 radical (unpaired) electrons. The molecule has 0 spiro atoms. The molecule has 3 heterocycles. The second-order valence-electron chi connectivity index (χ2n) is 12.1. The Bertz CT molecular complexity index is 1720. The Hall–Kier alpha value is -3.92. The first kappa shape index (κ1) is 34.4. The minimum atomic E-state index is -4.36. The van der Waals surface area contributed by atoms with Gasteiger partial charge in [0, 0.05) is 56.5 Å². The predicted molar refractivity (Wildman–Crippen MR) is 171 cm³/mol. The van der Waals surface area contributed by atoms with Crippen molar-refractivity contribution in [3.8, 4) is 0 Å². The number of fused-ring (bicyclic) bond motifs is 1. The van der Waals surface area contributed by atoms with E-state index >= 15 is 0 Å². The molecule has 1 saturated heterocycles. The molecule has 2 aromatic carbocycles. The first-order valence-corrected chi connectivity index (χ1v) is 17.0. The minimum absolute atomic E-state index is 0.0228. The Morgan fingerprint density at radius 3 is 2.38 bits per heavy atom. The Kier molecular flexibility index (Phi) is 10.6. The van der Waals surface area contributed by atoms with Crippen LogP contribution in [0, 0.1) is 11.6 Å². The first-order valence-electron chi connectivity index (χ1n) is 15.6. The molecule has 0 saturated carbocycles. The second kappa shape index (κ2) is 14.5. The van der Waals surface area contributed by atoms with E-state index in [4.69, 9.17) is 9.47 Å². The molecule has 1 amide bonds. The third-order valence-corrected chi connectivity index (χ3v) is 9.81. The minimum Gasteiger partial charge on any atom is -0.445 e. The van der Waals surface area contributed by atoms with Crippen molar-refractivity contribution in [2.75, 3.05) is 44.0 Å². The van der Waals surface area contributed by atoms with Crippen molar-refractivity contribution in [1.82, 2.24) is 19.0 Å². The Labute approximate surface area is 273 Å². The summed E-state index contributed by atoms with van der Waals surface area (Å²) in [6, 6.07) is 7.48. The summed E-state index contributed by atoms with van der Waals surface area (Å²) in [6.07, 6.45) is 1.06. The van der Waals surface area contributed by atoms with Crippen molar-refractivity contribution in [3.05, 3.63) is 70.4 Å². The highest BCUT2D eigenvalue weighted by molar-refractivity contribution is 7.89. The lowest BCUT2D eigenvalue weighted by Gasteiger charge is -2.27. The molecule has 12 nitrogen and oxygen atoms in total. The standard InChI is InChI=1S/C32H40F2N6O6S/c1-20(2)46-32(42)40-29-9-12-39(47(43,44)25-15-23(33)14-24(34)16-25)18-27(29)30(37-40)36-31(41)26-8-7-22(17-38-10-5-6-11-38)13-28(26)35-21(3)19-45-4/h7-8,13-16,20-21,35H,5-6,9-12,17-19H2,1-4H3,(H,36,37,41)/t21-/m1/s1. The van der Waals surface area contributed by atoms with E-state index in [0.717, 1.165) is 59.2 Å². The largest absolute Gasteiger partial charge is 0.445 e. The Balaban J connectivity index is 1.48. The first-order chi connectivity index (χ1) is 22.3. The summed E-state index contributed by atoms with van der Waals surface area (Å²) in [5, 5.41) is 10.5. The van der Waals surface area contributed by atoms with Crippen LogP contribution in [0.4, 0.5) is 25.1 Å². The number of benzene rings is 2. The van der Waals surface area contributed by atoms with Crippen LogP contribution in [-0.2, 0) is 39.0 Å². The van der Waals surface area contributed by atoms with Crippen LogP contribution in [0.3, 0.4) is 0 Å². The van der Waals surface area contributed by atoms with Gasteiger partial charge in [-0.3, -0.25) is 9.69 Å². The molecular weight excluding hydrogens is 634 g/mol. The van der Waals surface area contributed by atoms with Gasteiger partial charge in [-0.2, -0.15) is 8.99 Å². The van der Waals surface area contributed by atoms with Crippen LogP contribution >= 0.6 is 0 Å². The van der Waals surface area contributed by atoms with Crippen LogP contribution in [0.15, 0.2) is 41.3 Å². The number of anilines is 2. The number of carbonyl (C=O) groups excluding carboxylic acids is 2. The molecule has 5 rings (SSSR count). The zero-order chi connectivity index (χ0) is 33.9. The van der Waals surface area contributed by atoms with Crippen molar-refractivity contribution in [1.29, 1.82) is 0 Å². The SMILES string of the molecule is COC[C@@H](C)Nc1cc(CN2CCCC2)ccc1C(=O)Nc1nn(C(=O)OC(C)C)c2c1CN(S(=O)(=O)c1cc(F)cc(F)c1)CC2. The van der Waals surface area contributed by atoms with Gasteiger partial charge in [0.1, 0.15) is 11.6 Å². The maximum absolute atomic E-state index is 14.0. The number of amides is 1. The molecule has 15 heteroatoms. The molecule has 254 valence electrons. The quantitative estimate of drug-likeness (QED) is 0.299. The van der Waals surface area contributed by atoms with Crippen molar-refractivity contribution in [2.24, 2.45) is 0 Å². The summed E-state index contributed by atoms with van der Waals surface area (Å²) < 4.78 is 67.5. The maximum atomic E-state index is 14.0. The fraction of sp³-hybridized carbons (Fsp3) is 0.469. The van der Waals surface area contributed by atoms with Crippen LogP contribution in [0.1, 0.15) is 60.8 Å². The lowest BCUT2D eigenvalue weighted by atomic mass is 10.1. The summed E-state index contributed by atoms with van der Waals surface area (Å²) in [5.41, 5.74) is 2.54. The predicted octanol–water partition coefficient (Wildman–Crippen LogP) is 4.60. The molecule has 1 atom stereocenters. The molecule has 0 bridgehead atoms. The van der Waals surface area contributed by atoms with Crippen LogP contribution < -0.4 is 10.6 Å². The summed E-state index contributed by atoms with van der Waals surface area (Å²) >= 11 is 0. The molecule has 2 N–H and O–H groups in total. The smallest absolute Gasteiger partial charge is 0.435 e. The Morgan fingerprint density at radius 2 is 1.72 bits per heavy atom. The lowest BCUT2D eigenvalue weighted by molar-refractivity contribution is 0.102. The van der Waals surface area contributed by atoms with Gasteiger partial charge in [0.25, 0.3) is 5.91 Å². The lowest BCUT2D eigenvalue weighted by Crippen LogP contribution is -2.37. The van der Waals surface area contributed by atoms with E-state index in [9.17, 15) is 26.8 Å². The van der Waals surface area contributed by atoms with Gasteiger partial charge in [-0.25, -0.2) is 22.0 Å². The number of likely N-dealkylation sites (tertiary alicyclic amines) is 1. The monoisotopic (exact) mass is 674 g/mol. The third kappa shape index (κ3) is 7.97. The van der Waals surface area contributed by atoms with Gasteiger partial charge < -0.3 is 20.1 Å². The second-order valence-corrected chi connectivity index (χ2v) is 14.1. The molecule has 3 aromatic rings. The van der Waals surface area contributed by atoms with Crippen LogP contribution in [0.5, 0.6) is 0 Å². The zero-order valence-corrected chi connectivity index (χ0v) is 27.7. The summed E-state index contributed by atoms with van der Waals surface area (Å²) in [5.74, 6) is -2.64. The van der Waals surface area contributed by atoms with Gasteiger partial charge in [-0.15, -0.1) is 5.10 Å². The average molecular weight is 675 g/mol. The van der Waals surface area contributed by atoms with Gasteiger partial charge in [0.05, 0.1) is 28.9 Å². The number of rotatable bonds is 11. The maximum Gasteiger partial charge on any atom is 0.435 e. The highest BCUT2D eigenvalue weighted by Crippen LogP contribution is 2.32. The van der Waals surface area contributed by atoms with Gasteiger partial charge >= 0.3 is 6.09 Å². The van der Waals surface area contributed by atoms with Crippen LogP contribution in [0.2, 0.25) is 0 Å². The number of hydrogen-bond donors (Lipinski definition) is 2. The highest BCUT2D eigenvalue weighted by atomic mass is 32.2. The summed E-state index contributed by atoms with van der Waals surface area (Å²) in [6.45, 7) is 8.02. The number of halogens is 2. The van der Waals surface area contributed by atoms with Crippen LogP contribution in [-0.4, -0.2) is 84.9 Å². The third-order valence-electron chi connectivity index (χ3n) is 7.99. The number of carbonyl (C=O) groups is 2. The van der Waals surface area contributed by atoms with E-state index in [1.54, 1.807) is 27.0 Å². The summed E-state index contributed by atoms with van der Waals surface area (Å²) in [7, 11) is -2.77. The van der Waals surface area contributed by atoms with Crippen molar-refractivity contribution in [2.45, 2.75) is 70.2 Å². The molecule has 1 fully saturated rings. The average Bonchev–Trinajstić information content (AvgIpc) is 3.64. The number of aromatic nitrogens is 2. The molecule has 0 unspecified atom stereocenters. The number of ether oxygens (including phenoxy) is 2. The number of methoxy groups -OCH3 is 1. The van der Waals surface area contributed by atoms with Gasteiger partial charge in [0.15, 0.2) is 5.82 Å². The molecule has 2 aliphatic heterocycles. The van der Waals surface area contributed by atoms with Gasteiger partial charge in [-0.1, -0.05) is 6.07 Å². The van der Waals surface area contributed by atoms with E-state index in [-0.39, 0.29) is 36.9 Å². The number of sulfonamides is 1. The van der Waals surface area contributed by atoms with E-state index < -0.39 is 44.7 Å². The fourth-order valence-corrected chi connectivity index (χ4v) is 7.32. The van der Waals surface area contributed by atoms with Crippen LogP contribution in [0.25, 0.3) is 0 Å². The highest BCUT2D eigenvalue weighted by Gasteiger charge is 2.35. The van der Waals surface area contributed by atoms with E-state index in [1.165, 1.54) is 0 Å². The van der Waals surface area contributed by atoms with E-state index in [0.29, 0.717) is 29.6 Å². The number of hydrogen-bond acceptors (Lipinski definition) is 9. The van der Waals surface area contributed by atoms with E-state index in [2.05, 4.69) is 20.6 Å². The molecular formula is C32H40F2N6O6S. The molecule has 47 heavy (non-hydrogen) atoms.